The fourth-order valence-electron chi connectivity index (χ4n) is 2.29. The Bertz CT molecular complexity index is 746. The average Bonchev–Trinajstić information content (AvgIpc) is 2.45. The van der Waals surface area contributed by atoms with Gasteiger partial charge in [-0.05, 0) is 27.6 Å². The first kappa shape index (κ1) is 10.9. The summed E-state index contributed by atoms with van der Waals surface area (Å²) in [6, 6.07) is 18.1. The monoisotopic (exact) mass is 235 g/mol. The van der Waals surface area contributed by atoms with E-state index >= 15 is 0 Å². The van der Waals surface area contributed by atoms with E-state index in [4.69, 9.17) is 5.73 Å². The zero-order valence-corrected chi connectivity index (χ0v) is 9.89. The molecule has 2 nitrogen and oxygen atoms in total. The van der Waals surface area contributed by atoms with Crippen LogP contribution in [0, 0.1) is 0 Å². The van der Waals surface area contributed by atoms with Gasteiger partial charge >= 0.3 is 0 Å². The lowest BCUT2D eigenvalue weighted by atomic mass is 9.99. The molecule has 0 aliphatic carbocycles. The molecule has 2 heteroatoms. The third-order valence-corrected chi connectivity index (χ3v) is 3.25. The maximum atomic E-state index is 11.7. The van der Waals surface area contributed by atoms with Crippen LogP contribution in [0.5, 0.6) is 0 Å². The summed E-state index contributed by atoms with van der Waals surface area (Å²) in [5.41, 5.74) is 6.09. The number of Topliss-reactive ketones (excluding diaryl/α,β-unsaturated/α-hetero) is 1. The van der Waals surface area contributed by atoms with Crippen molar-refractivity contribution in [2.75, 3.05) is 6.54 Å². The van der Waals surface area contributed by atoms with Crippen LogP contribution >= 0.6 is 0 Å². The standard InChI is InChI=1S/C16H13NO/c17-10-16(18)13-8-7-12-6-5-11-3-1-2-4-14(11)15(12)9-13/h1-9H,10,17H2. The van der Waals surface area contributed by atoms with Gasteiger partial charge in [0.05, 0.1) is 6.54 Å². The van der Waals surface area contributed by atoms with Crippen LogP contribution in [-0.4, -0.2) is 12.3 Å². The summed E-state index contributed by atoms with van der Waals surface area (Å²) in [6.07, 6.45) is 0. The Labute approximate surface area is 105 Å². The van der Waals surface area contributed by atoms with Crippen molar-refractivity contribution in [3.05, 3.63) is 60.2 Å². The van der Waals surface area contributed by atoms with Crippen LogP contribution in [-0.2, 0) is 0 Å². The summed E-state index contributed by atoms with van der Waals surface area (Å²) in [5.74, 6) is -0.0233. The van der Waals surface area contributed by atoms with Gasteiger partial charge in [-0.15, -0.1) is 0 Å². The normalized spacial score (nSPS) is 10.9. The minimum Gasteiger partial charge on any atom is -0.324 e. The van der Waals surface area contributed by atoms with Gasteiger partial charge in [-0.3, -0.25) is 4.79 Å². The number of carbonyl (C=O) groups is 1. The molecule has 0 atom stereocenters. The topological polar surface area (TPSA) is 43.1 Å². The molecule has 0 fully saturated rings. The second-order valence-corrected chi connectivity index (χ2v) is 4.35. The third-order valence-electron chi connectivity index (χ3n) is 3.25. The molecule has 2 N–H and O–H groups in total. The summed E-state index contributed by atoms with van der Waals surface area (Å²) < 4.78 is 0. The zero-order valence-electron chi connectivity index (χ0n) is 9.89. The summed E-state index contributed by atoms with van der Waals surface area (Å²) >= 11 is 0. The molecule has 0 saturated carbocycles. The minimum atomic E-state index is -0.0233. The van der Waals surface area contributed by atoms with Crippen molar-refractivity contribution in [3.63, 3.8) is 0 Å². The van der Waals surface area contributed by atoms with Crippen molar-refractivity contribution in [1.82, 2.24) is 0 Å². The molecule has 88 valence electrons. The van der Waals surface area contributed by atoms with Crippen LogP contribution in [0.25, 0.3) is 21.5 Å². The molecule has 0 amide bonds. The molecule has 3 aromatic carbocycles. The third kappa shape index (κ3) is 1.67. The molecule has 0 radical (unpaired) electrons. The average molecular weight is 235 g/mol. The molecule has 0 heterocycles. The largest absolute Gasteiger partial charge is 0.324 e. The summed E-state index contributed by atoms with van der Waals surface area (Å²) in [6.45, 7) is 0.0519. The maximum Gasteiger partial charge on any atom is 0.176 e. The highest BCUT2D eigenvalue weighted by Gasteiger charge is 2.06. The predicted molar refractivity (Wildman–Crippen MR) is 74.8 cm³/mol. The van der Waals surface area contributed by atoms with Crippen LogP contribution in [0.2, 0.25) is 0 Å². The zero-order chi connectivity index (χ0) is 12.5. The Kier molecular flexibility index (Phi) is 2.58. The number of hydrogen-bond donors (Lipinski definition) is 1. The Morgan fingerprint density at radius 2 is 1.56 bits per heavy atom. The predicted octanol–water partition coefficient (Wildman–Crippen LogP) is 3.13. The second-order valence-electron chi connectivity index (χ2n) is 4.35. The number of benzene rings is 3. The van der Waals surface area contributed by atoms with E-state index < -0.39 is 0 Å². The first-order valence-electron chi connectivity index (χ1n) is 5.94. The molecule has 3 rings (SSSR count). The first-order chi connectivity index (χ1) is 8.79. The quantitative estimate of drug-likeness (QED) is 0.547. The van der Waals surface area contributed by atoms with E-state index in [0.717, 1.165) is 10.8 Å². The van der Waals surface area contributed by atoms with Crippen molar-refractivity contribution in [2.24, 2.45) is 5.73 Å². The Morgan fingerprint density at radius 3 is 2.33 bits per heavy atom. The molecule has 0 unspecified atom stereocenters. The molecule has 0 aliphatic rings. The first-order valence-corrected chi connectivity index (χ1v) is 5.94. The fraction of sp³-hybridized carbons (Fsp3) is 0.0625. The van der Waals surface area contributed by atoms with Crippen LogP contribution < -0.4 is 5.73 Å². The Hall–Kier alpha value is -2.19. The lowest BCUT2D eigenvalue weighted by Gasteiger charge is -2.05. The molecular formula is C16H13NO. The lowest BCUT2D eigenvalue weighted by Crippen LogP contribution is -2.13. The van der Waals surface area contributed by atoms with Crippen molar-refractivity contribution in [1.29, 1.82) is 0 Å². The van der Waals surface area contributed by atoms with E-state index in [1.807, 2.05) is 30.3 Å². The number of nitrogens with two attached hydrogens (primary N) is 1. The molecule has 18 heavy (non-hydrogen) atoms. The molecule has 0 spiro atoms. The van der Waals surface area contributed by atoms with Gasteiger partial charge < -0.3 is 5.73 Å². The number of ketones is 1. The van der Waals surface area contributed by atoms with Gasteiger partial charge in [0.2, 0.25) is 0 Å². The van der Waals surface area contributed by atoms with Gasteiger partial charge in [-0.1, -0.05) is 48.5 Å². The second kappa shape index (κ2) is 4.24. The molecule has 0 bridgehead atoms. The van der Waals surface area contributed by atoms with E-state index in [2.05, 4.69) is 24.3 Å². The van der Waals surface area contributed by atoms with Crippen LogP contribution in [0.15, 0.2) is 54.6 Å². The fourth-order valence-corrected chi connectivity index (χ4v) is 2.29. The number of carbonyl (C=O) groups excluding carboxylic acids is 1. The highest BCUT2D eigenvalue weighted by molar-refractivity contribution is 6.10. The van der Waals surface area contributed by atoms with Gasteiger partial charge in [0, 0.05) is 5.56 Å². The number of hydrogen-bond acceptors (Lipinski definition) is 2. The van der Waals surface area contributed by atoms with E-state index in [9.17, 15) is 4.79 Å². The SMILES string of the molecule is NCC(=O)c1ccc2ccc3ccccc3c2c1. The van der Waals surface area contributed by atoms with Crippen LogP contribution in [0.4, 0.5) is 0 Å². The Morgan fingerprint density at radius 1 is 0.889 bits per heavy atom. The van der Waals surface area contributed by atoms with Gasteiger partial charge in [-0.2, -0.15) is 0 Å². The minimum absolute atomic E-state index is 0.0233. The molecule has 0 saturated heterocycles. The highest BCUT2D eigenvalue weighted by Crippen LogP contribution is 2.26. The smallest absolute Gasteiger partial charge is 0.176 e. The Balaban J connectivity index is 2.36. The lowest BCUT2D eigenvalue weighted by molar-refractivity contribution is 0.100. The van der Waals surface area contributed by atoms with Gasteiger partial charge in [0.25, 0.3) is 0 Å². The number of fused-ring (bicyclic) bond motifs is 3. The van der Waals surface area contributed by atoms with E-state index in [0.29, 0.717) is 5.56 Å². The van der Waals surface area contributed by atoms with Gasteiger partial charge in [0.1, 0.15) is 0 Å². The van der Waals surface area contributed by atoms with Crippen molar-refractivity contribution >= 4 is 27.3 Å². The summed E-state index contributed by atoms with van der Waals surface area (Å²) in [7, 11) is 0. The van der Waals surface area contributed by atoms with Gasteiger partial charge in [-0.25, -0.2) is 0 Å². The van der Waals surface area contributed by atoms with E-state index in [1.54, 1.807) is 0 Å². The molecule has 0 aliphatic heterocycles. The van der Waals surface area contributed by atoms with Crippen molar-refractivity contribution in [2.45, 2.75) is 0 Å². The molecular weight excluding hydrogens is 222 g/mol. The maximum absolute atomic E-state index is 11.7. The van der Waals surface area contributed by atoms with Crippen molar-refractivity contribution in [3.8, 4) is 0 Å². The summed E-state index contributed by atoms with van der Waals surface area (Å²) in [5, 5.41) is 4.60. The van der Waals surface area contributed by atoms with Crippen LogP contribution in [0.3, 0.4) is 0 Å². The molecule has 0 aromatic heterocycles. The van der Waals surface area contributed by atoms with E-state index in [-0.39, 0.29) is 12.3 Å². The van der Waals surface area contributed by atoms with E-state index in [1.165, 1.54) is 10.8 Å². The molecule has 3 aromatic rings. The van der Waals surface area contributed by atoms with Crippen molar-refractivity contribution < 1.29 is 4.79 Å². The summed E-state index contributed by atoms with van der Waals surface area (Å²) in [4.78, 5) is 11.7. The van der Waals surface area contributed by atoms with Crippen LogP contribution in [0.1, 0.15) is 10.4 Å². The number of rotatable bonds is 2. The highest BCUT2D eigenvalue weighted by atomic mass is 16.1. The van der Waals surface area contributed by atoms with Gasteiger partial charge in [0.15, 0.2) is 5.78 Å².